The van der Waals surface area contributed by atoms with E-state index in [0.29, 0.717) is 12.2 Å². The first-order chi connectivity index (χ1) is 9.19. The number of β-amino-alcohol motifs (C(OH)–C–C–N with tert-alkyl or cyclic N) is 1. The van der Waals surface area contributed by atoms with E-state index in [9.17, 15) is 5.11 Å². The molecule has 0 saturated carbocycles. The molecule has 0 bridgehead atoms. The minimum Gasteiger partial charge on any atom is -0.387 e. The number of piperazine rings is 1. The standard InChI is InChI=1S/C13H19N5O/c1-17-6-8-18(9-7-17)10-13(19)11-2-4-12(5-3-11)15-16-14/h2-5,13,19H,6-10H2,1H3. The predicted molar refractivity (Wildman–Crippen MR) is 74.1 cm³/mol. The summed E-state index contributed by atoms with van der Waals surface area (Å²) in [5, 5.41) is 13.7. The molecule has 0 aliphatic carbocycles. The number of nitrogens with zero attached hydrogens (tertiary/aromatic N) is 5. The molecule has 1 aliphatic rings. The van der Waals surface area contributed by atoms with Gasteiger partial charge in [-0.15, -0.1) is 0 Å². The van der Waals surface area contributed by atoms with Gasteiger partial charge in [0, 0.05) is 43.3 Å². The third kappa shape index (κ3) is 3.94. The number of azide groups is 1. The molecule has 6 nitrogen and oxygen atoms in total. The van der Waals surface area contributed by atoms with Crippen molar-refractivity contribution >= 4 is 5.69 Å². The van der Waals surface area contributed by atoms with E-state index in [1.807, 2.05) is 12.1 Å². The average molecular weight is 261 g/mol. The van der Waals surface area contributed by atoms with Crippen molar-refractivity contribution in [2.45, 2.75) is 6.10 Å². The van der Waals surface area contributed by atoms with Crippen LogP contribution < -0.4 is 0 Å². The van der Waals surface area contributed by atoms with Crippen LogP contribution in [-0.2, 0) is 0 Å². The van der Waals surface area contributed by atoms with Gasteiger partial charge >= 0.3 is 0 Å². The molecule has 1 aromatic carbocycles. The van der Waals surface area contributed by atoms with Gasteiger partial charge in [0.15, 0.2) is 0 Å². The van der Waals surface area contributed by atoms with Gasteiger partial charge in [-0.05, 0) is 18.1 Å². The Bertz CT molecular complexity index is 447. The van der Waals surface area contributed by atoms with Gasteiger partial charge in [-0.2, -0.15) is 0 Å². The van der Waals surface area contributed by atoms with Crippen LogP contribution in [0.3, 0.4) is 0 Å². The molecule has 0 amide bonds. The lowest BCUT2D eigenvalue weighted by Gasteiger charge is -2.33. The van der Waals surface area contributed by atoms with E-state index in [2.05, 4.69) is 26.9 Å². The molecule has 0 aromatic heterocycles. The van der Waals surface area contributed by atoms with Crippen molar-refractivity contribution in [1.29, 1.82) is 0 Å². The molecule has 6 heteroatoms. The second-order valence-corrected chi connectivity index (χ2v) is 4.90. The van der Waals surface area contributed by atoms with Crippen molar-refractivity contribution in [1.82, 2.24) is 9.80 Å². The normalized spacial score (nSPS) is 18.8. The zero-order chi connectivity index (χ0) is 13.7. The van der Waals surface area contributed by atoms with Crippen molar-refractivity contribution in [3.8, 4) is 0 Å². The van der Waals surface area contributed by atoms with Crippen LogP contribution in [0.15, 0.2) is 29.4 Å². The summed E-state index contributed by atoms with van der Waals surface area (Å²) in [7, 11) is 2.11. The van der Waals surface area contributed by atoms with Gasteiger partial charge in [0.1, 0.15) is 0 Å². The maximum Gasteiger partial charge on any atom is 0.0916 e. The average Bonchev–Trinajstić information content (AvgIpc) is 2.42. The summed E-state index contributed by atoms with van der Waals surface area (Å²) < 4.78 is 0. The van der Waals surface area contributed by atoms with Gasteiger partial charge in [-0.1, -0.05) is 29.4 Å². The summed E-state index contributed by atoms with van der Waals surface area (Å²) >= 11 is 0. The first-order valence-electron chi connectivity index (χ1n) is 6.43. The molecule has 102 valence electrons. The molecule has 1 heterocycles. The van der Waals surface area contributed by atoms with Crippen LogP contribution in [0.5, 0.6) is 0 Å². The molecule has 1 fully saturated rings. The van der Waals surface area contributed by atoms with Gasteiger partial charge in [-0.25, -0.2) is 0 Å². The number of benzene rings is 1. The quantitative estimate of drug-likeness (QED) is 0.511. The van der Waals surface area contributed by atoms with Gasteiger partial charge in [0.2, 0.25) is 0 Å². The fourth-order valence-electron chi connectivity index (χ4n) is 2.20. The maximum absolute atomic E-state index is 10.2. The summed E-state index contributed by atoms with van der Waals surface area (Å²) in [4.78, 5) is 7.29. The van der Waals surface area contributed by atoms with Gasteiger partial charge in [0.05, 0.1) is 6.10 Å². The van der Waals surface area contributed by atoms with Gasteiger partial charge in [-0.3, -0.25) is 4.90 Å². The monoisotopic (exact) mass is 261 g/mol. The first-order valence-corrected chi connectivity index (χ1v) is 6.43. The Labute approximate surface area is 112 Å². The summed E-state index contributed by atoms with van der Waals surface area (Å²) in [6.45, 7) is 4.72. The number of likely N-dealkylation sites (N-methyl/N-ethyl adjacent to an activating group) is 1. The molecule has 1 saturated heterocycles. The SMILES string of the molecule is CN1CCN(CC(O)c2ccc(N=[N+]=[N-])cc2)CC1. The summed E-state index contributed by atoms with van der Waals surface area (Å²) in [6, 6.07) is 7.07. The van der Waals surface area contributed by atoms with Crippen molar-refractivity contribution in [2.24, 2.45) is 5.11 Å². The molecule has 2 rings (SSSR count). The molecule has 1 aliphatic heterocycles. The topological polar surface area (TPSA) is 75.5 Å². The van der Waals surface area contributed by atoms with Crippen LogP contribution in [0.2, 0.25) is 0 Å². The molecule has 1 atom stereocenters. The Morgan fingerprint density at radius 2 is 1.89 bits per heavy atom. The molecule has 1 N–H and O–H groups in total. The van der Waals surface area contributed by atoms with Crippen molar-refractivity contribution < 1.29 is 5.11 Å². The zero-order valence-electron chi connectivity index (χ0n) is 11.1. The highest BCUT2D eigenvalue weighted by atomic mass is 16.3. The number of hydrogen-bond donors (Lipinski definition) is 1. The van der Waals surface area contributed by atoms with E-state index >= 15 is 0 Å². The Balaban J connectivity index is 1.92. The van der Waals surface area contributed by atoms with E-state index in [-0.39, 0.29) is 0 Å². The second kappa shape index (κ2) is 6.54. The van der Waals surface area contributed by atoms with Gasteiger partial charge in [0.25, 0.3) is 0 Å². The Kier molecular flexibility index (Phi) is 4.76. The highest BCUT2D eigenvalue weighted by molar-refractivity contribution is 5.39. The van der Waals surface area contributed by atoms with E-state index in [4.69, 9.17) is 5.53 Å². The molecular formula is C13H19N5O. The van der Waals surface area contributed by atoms with E-state index in [0.717, 1.165) is 31.7 Å². The fraction of sp³-hybridized carbons (Fsp3) is 0.538. The van der Waals surface area contributed by atoms with Crippen LogP contribution in [0.1, 0.15) is 11.7 Å². The lowest BCUT2D eigenvalue weighted by molar-refractivity contribution is 0.0805. The highest BCUT2D eigenvalue weighted by Crippen LogP contribution is 2.19. The van der Waals surface area contributed by atoms with Crippen LogP contribution in [-0.4, -0.2) is 54.7 Å². The van der Waals surface area contributed by atoms with Crippen LogP contribution in [0.25, 0.3) is 10.4 Å². The first kappa shape index (κ1) is 13.8. The van der Waals surface area contributed by atoms with E-state index in [1.54, 1.807) is 12.1 Å². The number of aliphatic hydroxyl groups excluding tert-OH is 1. The van der Waals surface area contributed by atoms with Gasteiger partial charge < -0.3 is 10.0 Å². The molecular weight excluding hydrogens is 242 g/mol. The number of aliphatic hydroxyl groups is 1. The molecule has 1 unspecified atom stereocenters. The minimum absolute atomic E-state index is 0.497. The largest absolute Gasteiger partial charge is 0.387 e. The molecule has 19 heavy (non-hydrogen) atoms. The Morgan fingerprint density at radius 1 is 1.26 bits per heavy atom. The summed E-state index contributed by atoms with van der Waals surface area (Å²) in [6.07, 6.45) is -0.497. The van der Waals surface area contributed by atoms with E-state index < -0.39 is 6.10 Å². The number of rotatable bonds is 4. The van der Waals surface area contributed by atoms with Crippen molar-refractivity contribution in [3.63, 3.8) is 0 Å². The Hall–Kier alpha value is -1.59. The lowest BCUT2D eigenvalue weighted by Crippen LogP contribution is -2.45. The Morgan fingerprint density at radius 3 is 2.47 bits per heavy atom. The fourth-order valence-corrected chi connectivity index (χ4v) is 2.20. The summed E-state index contributed by atoms with van der Waals surface area (Å²) in [5.74, 6) is 0. The van der Waals surface area contributed by atoms with Crippen LogP contribution in [0, 0.1) is 0 Å². The highest BCUT2D eigenvalue weighted by Gasteiger charge is 2.17. The van der Waals surface area contributed by atoms with Crippen molar-refractivity contribution in [3.05, 3.63) is 40.3 Å². The van der Waals surface area contributed by atoms with E-state index in [1.165, 1.54) is 0 Å². The lowest BCUT2D eigenvalue weighted by atomic mass is 10.1. The second-order valence-electron chi connectivity index (χ2n) is 4.90. The molecule has 0 radical (unpaired) electrons. The van der Waals surface area contributed by atoms with Crippen LogP contribution >= 0.6 is 0 Å². The predicted octanol–water partition coefficient (Wildman–Crippen LogP) is 1.91. The number of hydrogen-bond acceptors (Lipinski definition) is 4. The molecule has 1 aromatic rings. The zero-order valence-corrected chi connectivity index (χ0v) is 11.1. The molecule has 0 spiro atoms. The smallest absolute Gasteiger partial charge is 0.0916 e. The minimum atomic E-state index is -0.497. The van der Waals surface area contributed by atoms with Crippen molar-refractivity contribution in [2.75, 3.05) is 39.8 Å². The maximum atomic E-state index is 10.2. The third-order valence-electron chi connectivity index (χ3n) is 3.47. The third-order valence-corrected chi connectivity index (χ3v) is 3.47. The van der Waals surface area contributed by atoms with Crippen LogP contribution in [0.4, 0.5) is 5.69 Å². The summed E-state index contributed by atoms with van der Waals surface area (Å²) in [5.41, 5.74) is 9.76.